The molecule has 0 saturated carbocycles. The maximum Gasteiger partial charge on any atom is 0.255 e. The number of aromatic hydroxyl groups is 1. The minimum Gasteiger partial charge on any atom is -0.508 e. The number of carbonyl (C=O) groups excluding carboxylic acids is 1. The Kier molecular flexibility index (Phi) is 5.01. The summed E-state index contributed by atoms with van der Waals surface area (Å²) in [7, 11) is 0. The molecule has 3 aromatic rings. The zero-order valence-corrected chi connectivity index (χ0v) is 16.6. The van der Waals surface area contributed by atoms with Crippen LogP contribution < -0.4 is 4.90 Å². The van der Waals surface area contributed by atoms with E-state index in [-0.39, 0.29) is 17.5 Å². The number of phenols is 1. The van der Waals surface area contributed by atoms with E-state index in [0.29, 0.717) is 18.7 Å². The molecule has 0 bridgehead atoms. The fourth-order valence-electron chi connectivity index (χ4n) is 3.97. The molecule has 29 heavy (non-hydrogen) atoms. The number of nitrogens with zero attached hydrogens (tertiary/aromatic N) is 3. The Balaban J connectivity index is 1.50. The number of piperazine rings is 1. The topological polar surface area (TPSA) is 48.7 Å². The molecule has 6 heteroatoms. The first-order chi connectivity index (χ1) is 13.9. The summed E-state index contributed by atoms with van der Waals surface area (Å²) in [4.78, 5) is 17.3. The number of hydrogen-bond acceptors (Lipinski definition) is 3. The van der Waals surface area contributed by atoms with Gasteiger partial charge in [0.1, 0.15) is 11.6 Å². The van der Waals surface area contributed by atoms with E-state index < -0.39 is 0 Å². The van der Waals surface area contributed by atoms with Gasteiger partial charge in [-0.1, -0.05) is 0 Å². The number of carbonyl (C=O) groups is 1. The van der Waals surface area contributed by atoms with Gasteiger partial charge in [0.15, 0.2) is 0 Å². The van der Waals surface area contributed by atoms with Gasteiger partial charge in [-0.3, -0.25) is 4.79 Å². The van der Waals surface area contributed by atoms with Gasteiger partial charge >= 0.3 is 0 Å². The van der Waals surface area contributed by atoms with Gasteiger partial charge in [0.25, 0.3) is 5.91 Å². The quantitative estimate of drug-likeness (QED) is 0.734. The highest BCUT2D eigenvalue weighted by atomic mass is 19.1. The summed E-state index contributed by atoms with van der Waals surface area (Å²) in [5.41, 5.74) is 4.38. The Bertz CT molecular complexity index is 1020. The Morgan fingerprint density at radius 2 is 1.48 bits per heavy atom. The molecule has 5 nitrogen and oxygen atoms in total. The Labute approximate surface area is 169 Å². The largest absolute Gasteiger partial charge is 0.508 e. The third-order valence-corrected chi connectivity index (χ3v) is 5.53. The van der Waals surface area contributed by atoms with Crippen molar-refractivity contribution >= 4 is 11.6 Å². The Hall–Kier alpha value is -3.28. The van der Waals surface area contributed by atoms with Crippen LogP contribution in [0.4, 0.5) is 10.1 Å². The van der Waals surface area contributed by atoms with Crippen LogP contribution in [0.2, 0.25) is 0 Å². The highest BCUT2D eigenvalue weighted by molar-refractivity contribution is 5.96. The minimum atomic E-state index is -0.279. The van der Waals surface area contributed by atoms with E-state index in [4.69, 9.17) is 0 Å². The number of benzene rings is 2. The van der Waals surface area contributed by atoms with E-state index in [0.717, 1.165) is 35.9 Å². The minimum absolute atomic E-state index is 0.0248. The number of aryl methyl sites for hydroxylation is 1. The van der Waals surface area contributed by atoms with Gasteiger partial charge < -0.3 is 19.5 Å². The number of rotatable bonds is 3. The van der Waals surface area contributed by atoms with Crippen molar-refractivity contribution in [1.29, 1.82) is 0 Å². The molecule has 1 saturated heterocycles. The fourth-order valence-corrected chi connectivity index (χ4v) is 3.97. The number of phenolic OH excluding ortho intramolecular Hbond substituents is 1. The smallest absolute Gasteiger partial charge is 0.255 e. The van der Waals surface area contributed by atoms with Crippen LogP contribution in [0.25, 0.3) is 5.69 Å². The van der Waals surface area contributed by atoms with Crippen LogP contribution in [0.1, 0.15) is 21.7 Å². The number of halogens is 1. The van der Waals surface area contributed by atoms with Crippen LogP contribution in [0.5, 0.6) is 5.75 Å². The van der Waals surface area contributed by atoms with Crippen molar-refractivity contribution in [2.24, 2.45) is 0 Å². The molecular weight excluding hydrogens is 369 g/mol. The van der Waals surface area contributed by atoms with Crippen LogP contribution >= 0.6 is 0 Å². The molecule has 1 aliphatic heterocycles. The zero-order chi connectivity index (χ0) is 20.5. The van der Waals surface area contributed by atoms with Gasteiger partial charge in [0.2, 0.25) is 0 Å². The summed E-state index contributed by atoms with van der Waals surface area (Å²) in [5, 5.41) is 9.45. The predicted molar refractivity (Wildman–Crippen MR) is 111 cm³/mol. The SMILES string of the molecule is Cc1cc(C(=O)N2CCN(c3ccc(O)cc3)CC2)c(C)n1-c1ccc(F)cc1. The van der Waals surface area contributed by atoms with Crippen molar-refractivity contribution < 1.29 is 14.3 Å². The van der Waals surface area contributed by atoms with E-state index in [1.54, 1.807) is 24.3 Å². The maximum atomic E-state index is 13.3. The summed E-state index contributed by atoms with van der Waals surface area (Å²) in [5.74, 6) is -0.00472. The summed E-state index contributed by atoms with van der Waals surface area (Å²) >= 11 is 0. The molecule has 1 aromatic heterocycles. The first kappa shape index (κ1) is 19.1. The fraction of sp³-hybridized carbons (Fsp3) is 0.261. The van der Waals surface area contributed by atoms with Gasteiger partial charge in [-0.25, -0.2) is 4.39 Å². The lowest BCUT2D eigenvalue weighted by Gasteiger charge is -2.36. The molecule has 1 amide bonds. The summed E-state index contributed by atoms with van der Waals surface area (Å²) < 4.78 is 15.3. The Morgan fingerprint density at radius 3 is 2.10 bits per heavy atom. The van der Waals surface area contributed by atoms with Crippen molar-refractivity contribution in [3.8, 4) is 11.4 Å². The van der Waals surface area contributed by atoms with Crippen molar-refractivity contribution in [2.45, 2.75) is 13.8 Å². The lowest BCUT2D eigenvalue weighted by molar-refractivity contribution is 0.0746. The summed E-state index contributed by atoms with van der Waals surface area (Å²) in [6.45, 7) is 6.65. The highest BCUT2D eigenvalue weighted by Gasteiger charge is 2.25. The first-order valence-electron chi connectivity index (χ1n) is 9.72. The number of amides is 1. The average Bonchev–Trinajstić information content (AvgIpc) is 3.03. The van der Waals surface area contributed by atoms with E-state index >= 15 is 0 Å². The number of aromatic nitrogens is 1. The molecule has 0 aliphatic carbocycles. The summed E-state index contributed by atoms with van der Waals surface area (Å²) in [6.07, 6.45) is 0. The van der Waals surface area contributed by atoms with Crippen molar-refractivity contribution in [3.05, 3.63) is 77.4 Å². The molecule has 1 N–H and O–H groups in total. The monoisotopic (exact) mass is 393 g/mol. The first-order valence-corrected chi connectivity index (χ1v) is 9.72. The van der Waals surface area contributed by atoms with Crippen LogP contribution in [0, 0.1) is 19.7 Å². The van der Waals surface area contributed by atoms with Crippen LogP contribution in [0.3, 0.4) is 0 Å². The standard InChI is InChI=1S/C23H24FN3O2/c1-16-15-22(17(2)27(16)20-5-3-18(24)4-6-20)23(29)26-13-11-25(12-14-26)19-7-9-21(28)10-8-19/h3-10,15,28H,11-14H2,1-2H3. The molecule has 0 atom stereocenters. The van der Waals surface area contributed by atoms with E-state index in [9.17, 15) is 14.3 Å². The summed E-state index contributed by atoms with van der Waals surface area (Å²) in [6, 6.07) is 15.4. The lowest BCUT2D eigenvalue weighted by Crippen LogP contribution is -2.48. The normalized spacial score (nSPS) is 14.3. The second-order valence-electron chi connectivity index (χ2n) is 7.39. The third kappa shape index (κ3) is 3.70. The molecule has 2 heterocycles. The van der Waals surface area contributed by atoms with Crippen molar-refractivity contribution in [3.63, 3.8) is 0 Å². The second kappa shape index (κ2) is 7.62. The molecule has 150 valence electrons. The second-order valence-corrected chi connectivity index (χ2v) is 7.39. The molecule has 2 aromatic carbocycles. The maximum absolute atomic E-state index is 13.3. The molecule has 4 rings (SSSR count). The number of hydrogen-bond donors (Lipinski definition) is 1. The Morgan fingerprint density at radius 1 is 0.897 bits per heavy atom. The molecular formula is C23H24FN3O2. The average molecular weight is 393 g/mol. The van der Waals surface area contributed by atoms with Crippen molar-refractivity contribution in [1.82, 2.24) is 9.47 Å². The van der Waals surface area contributed by atoms with E-state index in [1.165, 1.54) is 12.1 Å². The van der Waals surface area contributed by atoms with Crippen molar-refractivity contribution in [2.75, 3.05) is 31.1 Å². The van der Waals surface area contributed by atoms with Crippen LogP contribution in [0.15, 0.2) is 54.6 Å². The van der Waals surface area contributed by atoms with E-state index in [2.05, 4.69) is 4.90 Å². The molecule has 0 radical (unpaired) electrons. The molecule has 0 spiro atoms. The zero-order valence-electron chi connectivity index (χ0n) is 16.6. The van der Waals surface area contributed by atoms with Gasteiger partial charge in [0.05, 0.1) is 5.56 Å². The van der Waals surface area contributed by atoms with Gasteiger partial charge in [-0.15, -0.1) is 0 Å². The number of anilines is 1. The van der Waals surface area contributed by atoms with Gasteiger partial charge in [0, 0.05) is 48.9 Å². The predicted octanol–water partition coefficient (Wildman–Crippen LogP) is 3.90. The highest BCUT2D eigenvalue weighted by Crippen LogP contribution is 2.24. The lowest BCUT2D eigenvalue weighted by atomic mass is 10.2. The third-order valence-electron chi connectivity index (χ3n) is 5.53. The molecule has 0 unspecified atom stereocenters. The molecule has 1 aliphatic rings. The molecule has 1 fully saturated rings. The van der Waals surface area contributed by atoms with Gasteiger partial charge in [-0.05, 0) is 68.4 Å². The van der Waals surface area contributed by atoms with E-state index in [1.807, 2.05) is 41.5 Å². The van der Waals surface area contributed by atoms with Crippen LogP contribution in [-0.4, -0.2) is 46.7 Å². The van der Waals surface area contributed by atoms with Crippen LogP contribution in [-0.2, 0) is 0 Å². The van der Waals surface area contributed by atoms with Gasteiger partial charge in [-0.2, -0.15) is 0 Å².